The molecule has 0 rings (SSSR count). The minimum absolute atomic E-state index is 0.0799. The van der Waals surface area contributed by atoms with E-state index < -0.39 is 5.41 Å². The van der Waals surface area contributed by atoms with Crippen LogP contribution in [0, 0.1) is 41.4 Å². The minimum atomic E-state index is -1.19. The zero-order chi connectivity index (χ0) is 8.04. The summed E-state index contributed by atoms with van der Waals surface area (Å²) in [4.78, 5) is 0. The van der Waals surface area contributed by atoms with Gasteiger partial charge in [0.05, 0.1) is 12.7 Å². The Morgan fingerprint density at radius 1 is 1.50 bits per heavy atom. The number of hydrogen-bond donors (Lipinski definition) is 0. The summed E-state index contributed by atoms with van der Waals surface area (Å²) in [7, 11) is 1.45. The average Bonchev–Trinajstić information content (AvgIpc) is 2.01. The number of terminal acetylenes is 2. The van der Waals surface area contributed by atoms with Gasteiger partial charge >= 0.3 is 0 Å². The summed E-state index contributed by atoms with van der Waals surface area (Å²) in [5, 5.41) is 8.49. The number of nitrogens with zero attached hydrogens (tertiary/aromatic N) is 1. The van der Waals surface area contributed by atoms with Gasteiger partial charge in [0.15, 0.2) is 5.41 Å². The molecule has 0 bridgehead atoms. The van der Waals surface area contributed by atoms with Gasteiger partial charge in [0, 0.05) is 7.11 Å². The van der Waals surface area contributed by atoms with E-state index in [2.05, 4.69) is 16.6 Å². The van der Waals surface area contributed by atoms with Crippen molar-refractivity contribution in [3.63, 3.8) is 0 Å². The smallest absolute Gasteiger partial charge is 0.200 e. The van der Waals surface area contributed by atoms with Crippen molar-refractivity contribution in [3.8, 4) is 30.8 Å². The standard InChI is InChI=1S/C8H7NO/c1-4-8(5-2,6-9)7-10-3/h1-2H,7H2,3H3. The topological polar surface area (TPSA) is 33.0 Å². The maximum Gasteiger partial charge on any atom is 0.200 e. The SMILES string of the molecule is C#CC(C#C)(C#N)COC. The molecule has 0 amide bonds. The Balaban J connectivity index is 4.45. The molecule has 0 saturated heterocycles. The molecular weight excluding hydrogens is 126 g/mol. The Morgan fingerprint density at radius 2 is 2.00 bits per heavy atom. The lowest BCUT2D eigenvalue weighted by atomic mass is 9.94. The van der Waals surface area contributed by atoms with E-state index in [1.54, 1.807) is 0 Å². The van der Waals surface area contributed by atoms with Crippen LogP contribution in [0.1, 0.15) is 0 Å². The van der Waals surface area contributed by atoms with Gasteiger partial charge in [-0.25, -0.2) is 0 Å². The average molecular weight is 133 g/mol. The summed E-state index contributed by atoms with van der Waals surface area (Å²) < 4.78 is 4.67. The largest absolute Gasteiger partial charge is 0.381 e. The van der Waals surface area contributed by atoms with Crippen molar-refractivity contribution in [2.24, 2.45) is 5.41 Å². The Hall–Kier alpha value is -1.43. The van der Waals surface area contributed by atoms with E-state index in [1.807, 2.05) is 6.07 Å². The number of hydrogen-bond acceptors (Lipinski definition) is 2. The van der Waals surface area contributed by atoms with E-state index in [0.29, 0.717) is 0 Å². The Morgan fingerprint density at radius 3 is 2.10 bits per heavy atom. The van der Waals surface area contributed by atoms with Gasteiger partial charge in [0.1, 0.15) is 0 Å². The van der Waals surface area contributed by atoms with E-state index in [1.165, 1.54) is 7.11 Å². The van der Waals surface area contributed by atoms with Crippen LogP contribution in [-0.2, 0) is 4.74 Å². The van der Waals surface area contributed by atoms with Gasteiger partial charge in [-0.3, -0.25) is 0 Å². The quantitative estimate of drug-likeness (QED) is 0.511. The predicted molar refractivity (Wildman–Crippen MR) is 37.6 cm³/mol. The lowest BCUT2D eigenvalue weighted by molar-refractivity contribution is 0.168. The number of ether oxygens (including phenoxy) is 1. The molecule has 0 aromatic carbocycles. The highest BCUT2D eigenvalue weighted by Gasteiger charge is 2.23. The molecule has 0 spiro atoms. The molecule has 10 heavy (non-hydrogen) atoms. The number of rotatable bonds is 2. The Bertz CT molecular complexity index is 187. The van der Waals surface area contributed by atoms with Gasteiger partial charge in [0.2, 0.25) is 0 Å². The molecule has 0 heterocycles. The third-order valence-electron chi connectivity index (χ3n) is 1.04. The lowest BCUT2D eigenvalue weighted by Crippen LogP contribution is -2.19. The van der Waals surface area contributed by atoms with Crippen LogP contribution in [0.25, 0.3) is 0 Å². The van der Waals surface area contributed by atoms with Gasteiger partial charge in [-0.15, -0.1) is 12.8 Å². The van der Waals surface area contributed by atoms with Crippen molar-refractivity contribution in [1.29, 1.82) is 5.26 Å². The number of methoxy groups -OCH3 is 1. The zero-order valence-corrected chi connectivity index (χ0v) is 5.72. The third kappa shape index (κ3) is 1.52. The van der Waals surface area contributed by atoms with Crippen molar-refractivity contribution in [1.82, 2.24) is 0 Å². The zero-order valence-electron chi connectivity index (χ0n) is 5.72. The summed E-state index contributed by atoms with van der Waals surface area (Å²) >= 11 is 0. The van der Waals surface area contributed by atoms with Crippen LogP contribution >= 0.6 is 0 Å². The van der Waals surface area contributed by atoms with Crippen molar-refractivity contribution in [2.75, 3.05) is 13.7 Å². The second-order valence-electron chi connectivity index (χ2n) is 1.74. The molecular formula is C8H7NO. The maximum absolute atomic E-state index is 8.49. The van der Waals surface area contributed by atoms with E-state index in [-0.39, 0.29) is 6.61 Å². The molecule has 0 aliphatic rings. The predicted octanol–water partition coefficient (Wildman–Crippen LogP) is 0.409. The molecule has 0 saturated carbocycles. The van der Waals surface area contributed by atoms with Gasteiger partial charge in [0.25, 0.3) is 0 Å². The molecule has 0 radical (unpaired) electrons. The third-order valence-corrected chi connectivity index (χ3v) is 1.04. The van der Waals surface area contributed by atoms with Gasteiger partial charge in [-0.2, -0.15) is 5.26 Å². The van der Waals surface area contributed by atoms with Gasteiger partial charge in [-0.1, -0.05) is 11.8 Å². The van der Waals surface area contributed by atoms with Crippen molar-refractivity contribution >= 4 is 0 Å². The first-order valence-corrected chi connectivity index (χ1v) is 2.60. The monoisotopic (exact) mass is 133 g/mol. The number of nitriles is 1. The van der Waals surface area contributed by atoms with E-state index >= 15 is 0 Å². The van der Waals surface area contributed by atoms with E-state index in [0.717, 1.165) is 0 Å². The van der Waals surface area contributed by atoms with Crippen molar-refractivity contribution < 1.29 is 4.74 Å². The highest BCUT2D eigenvalue weighted by Crippen LogP contribution is 2.12. The molecule has 0 aromatic heterocycles. The van der Waals surface area contributed by atoms with Crippen LogP contribution in [0.15, 0.2) is 0 Å². The highest BCUT2D eigenvalue weighted by atomic mass is 16.5. The summed E-state index contributed by atoms with van der Waals surface area (Å²) in [5.41, 5.74) is -1.19. The summed E-state index contributed by atoms with van der Waals surface area (Å²) in [6.45, 7) is 0.0799. The Kier molecular flexibility index (Phi) is 3.06. The molecule has 0 unspecified atom stereocenters. The first-order valence-electron chi connectivity index (χ1n) is 2.60. The fourth-order valence-electron chi connectivity index (χ4n) is 0.438. The summed E-state index contributed by atoms with van der Waals surface area (Å²) in [6, 6.07) is 1.82. The second-order valence-corrected chi connectivity index (χ2v) is 1.74. The minimum Gasteiger partial charge on any atom is -0.381 e. The molecule has 0 aliphatic heterocycles. The first kappa shape index (κ1) is 8.57. The maximum atomic E-state index is 8.49. The van der Waals surface area contributed by atoms with Crippen LogP contribution in [0.4, 0.5) is 0 Å². The van der Waals surface area contributed by atoms with Crippen LogP contribution in [0.5, 0.6) is 0 Å². The molecule has 50 valence electrons. The normalized spacial score (nSPS) is 9.00. The summed E-state index contributed by atoms with van der Waals surface area (Å²) in [5.74, 6) is 4.39. The van der Waals surface area contributed by atoms with E-state index in [4.69, 9.17) is 18.1 Å². The van der Waals surface area contributed by atoms with Crippen LogP contribution in [0.3, 0.4) is 0 Å². The lowest BCUT2D eigenvalue weighted by Gasteiger charge is -2.09. The summed E-state index contributed by atoms with van der Waals surface area (Å²) in [6.07, 6.45) is 10.0. The molecule has 0 aromatic rings. The van der Waals surface area contributed by atoms with Crippen molar-refractivity contribution in [2.45, 2.75) is 0 Å². The van der Waals surface area contributed by atoms with E-state index in [9.17, 15) is 0 Å². The fourth-order valence-corrected chi connectivity index (χ4v) is 0.438. The van der Waals surface area contributed by atoms with Gasteiger partial charge in [-0.05, 0) is 0 Å². The Labute approximate surface area is 60.8 Å². The first-order chi connectivity index (χ1) is 4.74. The molecule has 0 aliphatic carbocycles. The molecule has 0 N–H and O–H groups in total. The molecule has 2 heteroatoms. The highest BCUT2D eigenvalue weighted by molar-refractivity contribution is 5.31. The molecule has 2 nitrogen and oxygen atoms in total. The van der Waals surface area contributed by atoms with Gasteiger partial charge < -0.3 is 4.74 Å². The van der Waals surface area contributed by atoms with Crippen LogP contribution in [-0.4, -0.2) is 13.7 Å². The van der Waals surface area contributed by atoms with Crippen LogP contribution in [0.2, 0.25) is 0 Å². The fraction of sp³-hybridized carbons (Fsp3) is 0.375. The van der Waals surface area contributed by atoms with Crippen LogP contribution < -0.4 is 0 Å². The van der Waals surface area contributed by atoms with Crippen molar-refractivity contribution in [3.05, 3.63) is 0 Å². The second kappa shape index (κ2) is 3.57. The molecule has 0 fully saturated rings. The molecule has 0 atom stereocenters.